The van der Waals surface area contributed by atoms with Crippen LogP contribution in [-0.4, -0.2) is 56.6 Å². The van der Waals surface area contributed by atoms with E-state index in [-0.39, 0.29) is 6.61 Å². The molecule has 0 radical (unpaired) electrons. The number of benzene rings is 2. The number of rotatable bonds is 7. The topological polar surface area (TPSA) is 109 Å². The molecule has 8 heteroatoms. The van der Waals surface area contributed by atoms with E-state index in [1.165, 1.54) is 22.4 Å². The minimum atomic E-state index is 0.0375. The van der Waals surface area contributed by atoms with Gasteiger partial charge in [-0.25, -0.2) is 0 Å². The Hall–Kier alpha value is -2.63. The summed E-state index contributed by atoms with van der Waals surface area (Å²) in [6, 6.07) is 19.8. The SMILES string of the molecule is Nc1ccc(CCNc2nc([AsH2])nc(NCCO)n2)cc1.c1ccccc1. The van der Waals surface area contributed by atoms with Crippen molar-refractivity contribution in [3.63, 3.8) is 0 Å². The Morgan fingerprint density at radius 3 is 1.85 bits per heavy atom. The van der Waals surface area contributed by atoms with Gasteiger partial charge >= 0.3 is 131 Å². The molecule has 0 aliphatic carbocycles. The van der Waals surface area contributed by atoms with Crippen molar-refractivity contribution in [3.05, 3.63) is 66.2 Å². The molecule has 7 nitrogen and oxygen atoms in total. The van der Waals surface area contributed by atoms with Crippen LogP contribution in [0.25, 0.3) is 0 Å². The first-order chi connectivity index (χ1) is 13.2. The fourth-order valence-corrected chi connectivity index (χ4v) is 2.62. The standard InChI is InChI=1S/C13H19AsN6O.C6H6/c14-11-18-12(20-13(19-11)17-7-8-21)16-6-5-9-1-3-10(15)4-2-9;1-2-4-6-5-3-1/h1-4,21H,5-8,14-15H2,(H2,16,17,18,19,20);1-6H. The second kappa shape index (κ2) is 11.9. The molecule has 27 heavy (non-hydrogen) atoms. The molecule has 0 bridgehead atoms. The maximum absolute atomic E-state index is 8.80. The van der Waals surface area contributed by atoms with E-state index in [2.05, 4.69) is 25.6 Å². The van der Waals surface area contributed by atoms with E-state index in [1.54, 1.807) is 0 Å². The normalized spacial score (nSPS) is 9.85. The average molecular weight is 428 g/mol. The van der Waals surface area contributed by atoms with Gasteiger partial charge in [-0.3, -0.25) is 0 Å². The zero-order chi connectivity index (χ0) is 19.3. The van der Waals surface area contributed by atoms with Crippen molar-refractivity contribution in [2.24, 2.45) is 0 Å². The Labute approximate surface area is 168 Å². The molecule has 0 amide bonds. The van der Waals surface area contributed by atoms with Gasteiger partial charge in [0.2, 0.25) is 0 Å². The number of aromatic nitrogens is 3. The quantitative estimate of drug-likeness (QED) is 0.320. The maximum Gasteiger partial charge on any atom is -0.0623 e. The van der Waals surface area contributed by atoms with Crippen molar-refractivity contribution in [2.45, 2.75) is 6.42 Å². The van der Waals surface area contributed by atoms with Crippen molar-refractivity contribution < 1.29 is 5.11 Å². The molecule has 0 aliphatic heterocycles. The zero-order valence-electron chi connectivity index (χ0n) is 15.0. The van der Waals surface area contributed by atoms with Crippen molar-refractivity contribution >= 4 is 39.0 Å². The molecule has 5 N–H and O–H groups in total. The average Bonchev–Trinajstić information content (AvgIpc) is 2.69. The molecule has 1 aromatic heterocycles. The molecule has 1 unspecified atom stereocenters. The van der Waals surface area contributed by atoms with Gasteiger partial charge in [0.05, 0.1) is 0 Å². The van der Waals surface area contributed by atoms with Crippen molar-refractivity contribution in [3.8, 4) is 0 Å². The molecule has 0 spiro atoms. The summed E-state index contributed by atoms with van der Waals surface area (Å²) in [5, 5.41) is 14.9. The van der Waals surface area contributed by atoms with E-state index in [4.69, 9.17) is 10.8 Å². The molecule has 3 rings (SSSR count). The molecule has 0 aliphatic rings. The van der Waals surface area contributed by atoms with Gasteiger partial charge in [0.25, 0.3) is 0 Å². The third-order valence-corrected chi connectivity index (χ3v) is 3.93. The van der Waals surface area contributed by atoms with Crippen molar-refractivity contribution in [1.82, 2.24) is 15.0 Å². The first-order valence-electron chi connectivity index (χ1n) is 8.62. The number of aliphatic hydroxyl groups excluding tert-OH is 1. The molecule has 0 saturated heterocycles. The maximum atomic E-state index is 8.80. The van der Waals surface area contributed by atoms with Crippen LogP contribution < -0.4 is 21.0 Å². The van der Waals surface area contributed by atoms with Gasteiger partial charge in [0.15, 0.2) is 0 Å². The Kier molecular flexibility index (Phi) is 9.10. The van der Waals surface area contributed by atoms with Crippen LogP contribution in [0, 0.1) is 0 Å². The Morgan fingerprint density at radius 1 is 0.815 bits per heavy atom. The van der Waals surface area contributed by atoms with Crippen molar-refractivity contribution in [1.29, 1.82) is 0 Å². The van der Waals surface area contributed by atoms with Crippen LogP contribution >= 0.6 is 0 Å². The van der Waals surface area contributed by atoms with Crippen LogP contribution in [0.4, 0.5) is 17.6 Å². The first kappa shape index (κ1) is 20.7. The largest absolute Gasteiger partial charge is 0.0623 e. The van der Waals surface area contributed by atoms with E-state index in [9.17, 15) is 0 Å². The molecule has 1 atom stereocenters. The van der Waals surface area contributed by atoms with Gasteiger partial charge in [0.1, 0.15) is 0 Å². The second-order valence-corrected chi connectivity index (χ2v) is 6.65. The summed E-state index contributed by atoms with van der Waals surface area (Å²) in [5.41, 5.74) is 7.62. The van der Waals surface area contributed by atoms with E-state index in [1.807, 2.05) is 60.7 Å². The molecule has 0 fully saturated rings. The predicted octanol–water partition coefficient (Wildman–Crippen LogP) is 0.458. The third kappa shape index (κ3) is 8.53. The van der Waals surface area contributed by atoms with Gasteiger partial charge in [-0.15, -0.1) is 0 Å². The number of nitrogens with one attached hydrogen (secondary N) is 2. The third-order valence-electron chi connectivity index (χ3n) is 3.39. The Bertz CT molecular complexity index is 759. The van der Waals surface area contributed by atoms with E-state index < -0.39 is 0 Å². The van der Waals surface area contributed by atoms with Crippen LogP contribution in [0.1, 0.15) is 5.56 Å². The van der Waals surface area contributed by atoms with Crippen LogP contribution in [0.2, 0.25) is 0 Å². The first-order valence-corrected chi connectivity index (χ1v) is 9.83. The summed E-state index contributed by atoms with van der Waals surface area (Å²) in [5.74, 6) is 1.02. The summed E-state index contributed by atoms with van der Waals surface area (Å²) < 4.78 is 0.688. The minimum Gasteiger partial charge on any atom is -0.0623 e. The Morgan fingerprint density at radius 2 is 1.33 bits per heavy atom. The number of nitrogens with two attached hydrogens (primary N) is 1. The van der Waals surface area contributed by atoms with Gasteiger partial charge in [0, 0.05) is 0 Å². The minimum absolute atomic E-state index is 0.0375. The number of aliphatic hydroxyl groups is 1. The Balaban J connectivity index is 0.000000369. The molecule has 0 saturated carbocycles. The van der Waals surface area contributed by atoms with Crippen LogP contribution in [0.15, 0.2) is 60.7 Å². The summed E-state index contributed by atoms with van der Waals surface area (Å²) in [6.07, 6.45) is 0.857. The number of anilines is 3. The molecule has 1 heterocycles. The molecular weight excluding hydrogens is 403 g/mol. The number of hydrogen-bond donors (Lipinski definition) is 4. The summed E-state index contributed by atoms with van der Waals surface area (Å²) in [6.45, 7) is 1.18. The van der Waals surface area contributed by atoms with Crippen molar-refractivity contribution in [2.75, 3.05) is 36.1 Å². The second-order valence-electron chi connectivity index (χ2n) is 5.56. The summed E-state index contributed by atoms with van der Waals surface area (Å²) in [4.78, 5) is 12.7. The van der Waals surface area contributed by atoms with Gasteiger partial charge in [-0.05, 0) is 0 Å². The van der Waals surface area contributed by atoms with Crippen LogP contribution in [-0.2, 0) is 6.42 Å². The van der Waals surface area contributed by atoms with E-state index in [0.29, 0.717) is 23.1 Å². The smallest absolute Gasteiger partial charge is 0.0623 e. The fourth-order valence-electron chi connectivity index (χ4n) is 2.11. The molecule has 3 aromatic rings. The van der Waals surface area contributed by atoms with Gasteiger partial charge in [-0.1, -0.05) is 36.4 Å². The van der Waals surface area contributed by atoms with E-state index >= 15 is 0 Å². The zero-order valence-corrected chi connectivity index (χ0v) is 17.5. The monoisotopic (exact) mass is 428 g/mol. The molecule has 142 valence electrons. The van der Waals surface area contributed by atoms with E-state index in [0.717, 1.165) is 18.7 Å². The number of nitrogens with zero attached hydrogens (tertiary/aromatic N) is 3. The van der Waals surface area contributed by atoms with Crippen LogP contribution in [0.3, 0.4) is 0 Å². The van der Waals surface area contributed by atoms with Gasteiger partial charge in [-0.2, -0.15) is 0 Å². The summed E-state index contributed by atoms with van der Waals surface area (Å²) >= 11 is 1.33. The number of hydrogen-bond acceptors (Lipinski definition) is 7. The summed E-state index contributed by atoms with van der Waals surface area (Å²) in [7, 11) is 0. The molecule has 2 aromatic carbocycles. The fraction of sp³-hybridized carbons (Fsp3) is 0.211. The van der Waals surface area contributed by atoms with Gasteiger partial charge < -0.3 is 0 Å². The predicted molar refractivity (Wildman–Crippen MR) is 113 cm³/mol. The van der Waals surface area contributed by atoms with Crippen LogP contribution in [0.5, 0.6) is 0 Å². The number of nitrogen functional groups attached to an aromatic ring is 1. The molecular formula is C19H25AsN6O.